The molecule has 1 atom stereocenters. The van der Waals surface area contributed by atoms with Crippen LogP contribution in [0.25, 0.3) is 0 Å². The highest BCUT2D eigenvalue weighted by Crippen LogP contribution is 2.31. The van der Waals surface area contributed by atoms with E-state index in [9.17, 15) is 9.59 Å². The normalized spacial score (nSPS) is 20.9. The summed E-state index contributed by atoms with van der Waals surface area (Å²) in [7, 11) is 0. The van der Waals surface area contributed by atoms with Gasteiger partial charge >= 0.3 is 0 Å². The van der Waals surface area contributed by atoms with Gasteiger partial charge in [0.2, 0.25) is 5.91 Å². The summed E-state index contributed by atoms with van der Waals surface area (Å²) >= 11 is 0. The molecule has 2 aromatic rings. The molecule has 0 bridgehead atoms. The fraction of sp³-hybridized carbons (Fsp3) is 0.560. The van der Waals surface area contributed by atoms with Crippen molar-refractivity contribution < 1.29 is 9.59 Å². The first-order chi connectivity index (χ1) is 15.6. The van der Waals surface area contributed by atoms with E-state index >= 15 is 0 Å². The second kappa shape index (κ2) is 9.06. The Morgan fingerprint density at radius 3 is 2.47 bits per heavy atom. The summed E-state index contributed by atoms with van der Waals surface area (Å²) in [5, 5.41) is 7.35. The molecule has 2 saturated heterocycles. The molecule has 1 aromatic carbocycles. The van der Waals surface area contributed by atoms with Crippen molar-refractivity contribution in [3.8, 4) is 0 Å². The number of hydrogen-bond donors (Lipinski definition) is 1. The summed E-state index contributed by atoms with van der Waals surface area (Å²) in [4.78, 5) is 32.6. The molecule has 3 aliphatic heterocycles. The highest BCUT2D eigenvalue weighted by molar-refractivity contribution is 5.95. The molecule has 1 aromatic heterocycles. The number of H-pyrrole nitrogens is 1. The number of piperidine rings is 1. The predicted octanol–water partition coefficient (Wildman–Crippen LogP) is 2.80. The molecule has 32 heavy (non-hydrogen) atoms. The molecule has 0 saturated carbocycles. The standard InChI is InChI=1S/C25H33N5O2/c1-18(28-11-4-5-12-28)24(31)29-13-9-20(10-14-29)23-22(16-26-27-23)25(32)30-15-8-19-6-2-3-7-21(19)17-30/h2-3,6-7,16,18,20H,4-5,8-15,17H2,1H3,(H,26,27)/t18-/m1/s1. The highest BCUT2D eigenvalue weighted by atomic mass is 16.2. The van der Waals surface area contributed by atoms with E-state index in [1.54, 1.807) is 6.20 Å². The van der Waals surface area contributed by atoms with Gasteiger partial charge in [0.15, 0.2) is 0 Å². The number of nitrogens with zero attached hydrogens (tertiary/aromatic N) is 4. The molecule has 0 radical (unpaired) electrons. The van der Waals surface area contributed by atoms with Crippen LogP contribution in [0.4, 0.5) is 0 Å². The lowest BCUT2D eigenvalue weighted by Crippen LogP contribution is -2.48. The summed E-state index contributed by atoms with van der Waals surface area (Å²) in [6.07, 6.45) is 6.70. The van der Waals surface area contributed by atoms with E-state index in [1.807, 2.05) is 22.8 Å². The number of nitrogens with one attached hydrogen (secondary N) is 1. The van der Waals surface area contributed by atoms with Gasteiger partial charge in [-0.15, -0.1) is 0 Å². The second-order valence-electron chi connectivity index (χ2n) is 9.46. The number of aromatic amines is 1. The quantitative estimate of drug-likeness (QED) is 0.802. The number of likely N-dealkylation sites (tertiary alicyclic amines) is 2. The average Bonchev–Trinajstić information content (AvgIpc) is 3.55. The van der Waals surface area contributed by atoms with Crippen LogP contribution in [0.2, 0.25) is 0 Å². The molecule has 0 aliphatic carbocycles. The van der Waals surface area contributed by atoms with Crippen LogP contribution in [0, 0.1) is 0 Å². The van der Waals surface area contributed by atoms with Gasteiger partial charge in [0.25, 0.3) is 5.91 Å². The summed E-state index contributed by atoms with van der Waals surface area (Å²) < 4.78 is 0. The minimum absolute atomic E-state index is 0.0275. The van der Waals surface area contributed by atoms with Crippen LogP contribution in [0.1, 0.15) is 65.7 Å². The molecule has 5 rings (SSSR count). The van der Waals surface area contributed by atoms with Crippen molar-refractivity contribution in [2.45, 2.75) is 57.5 Å². The fourth-order valence-electron chi connectivity index (χ4n) is 5.56. The molecule has 3 aliphatic rings. The molecule has 0 unspecified atom stereocenters. The van der Waals surface area contributed by atoms with Gasteiger partial charge in [-0.3, -0.25) is 19.6 Å². The van der Waals surface area contributed by atoms with Crippen LogP contribution < -0.4 is 0 Å². The molecule has 0 spiro atoms. The average molecular weight is 436 g/mol. The van der Waals surface area contributed by atoms with E-state index in [0.717, 1.165) is 57.7 Å². The third-order valence-corrected chi connectivity index (χ3v) is 7.58. The Kier molecular flexibility index (Phi) is 6.00. The van der Waals surface area contributed by atoms with Crippen molar-refractivity contribution in [3.63, 3.8) is 0 Å². The van der Waals surface area contributed by atoms with Gasteiger partial charge < -0.3 is 9.80 Å². The SMILES string of the molecule is C[C@H](C(=O)N1CCC(c2[nH]ncc2C(=O)N2CCc3ccccc3C2)CC1)N1CCCC1. The first-order valence-corrected chi connectivity index (χ1v) is 12.0. The molecule has 170 valence electrons. The Bertz CT molecular complexity index is 972. The van der Waals surface area contributed by atoms with E-state index in [-0.39, 0.29) is 23.8 Å². The maximum absolute atomic E-state index is 13.3. The van der Waals surface area contributed by atoms with Gasteiger partial charge in [-0.2, -0.15) is 5.10 Å². The number of fused-ring (bicyclic) bond motifs is 1. The van der Waals surface area contributed by atoms with Crippen LogP contribution in [0.3, 0.4) is 0 Å². The number of aromatic nitrogens is 2. The lowest BCUT2D eigenvalue weighted by molar-refractivity contribution is -0.137. The first-order valence-electron chi connectivity index (χ1n) is 12.0. The topological polar surface area (TPSA) is 72.5 Å². The molecule has 2 fully saturated rings. The molecule has 1 N–H and O–H groups in total. The van der Waals surface area contributed by atoms with Gasteiger partial charge in [-0.25, -0.2) is 0 Å². The maximum Gasteiger partial charge on any atom is 0.257 e. The predicted molar refractivity (Wildman–Crippen MR) is 122 cm³/mol. The first kappa shape index (κ1) is 21.2. The third kappa shape index (κ3) is 4.06. The Labute approximate surface area is 189 Å². The van der Waals surface area contributed by atoms with Crippen molar-refractivity contribution in [2.24, 2.45) is 0 Å². The largest absolute Gasteiger partial charge is 0.341 e. The number of amides is 2. The zero-order chi connectivity index (χ0) is 22.1. The van der Waals surface area contributed by atoms with E-state index in [1.165, 1.54) is 24.0 Å². The summed E-state index contributed by atoms with van der Waals surface area (Å²) in [5.74, 6) is 0.544. The van der Waals surface area contributed by atoms with Crippen LogP contribution in [-0.4, -0.2) is 75.5 Å². The minimum atomic E-state index is -0.0275. The number of benzene rings is 1. The van der Waals surface area contributed by atoms with Crippen LogP contribution in [0.15, 0.2) is 30.5 Å². The smallest absolute Gasteiger partial charge is 0.257 e. The van der Waals surface area contributed by atoms with Crippen LogP contribution >= 0.6 is 0 Å². The second-order valence-corrected chi connectivity index (χ2v) is 9.46. The van der Waals surface area contributed by atoms with E-state index < -0.39 is 0 Å². The monoisotopic (exact) mass is 435 g/mol. The zero-order valence-corrected chi connectivity index (χ0v) is 18.9. The zero-order valence-electron chi connectivity index (χ0n) is 18.9. The minimum Gasteiger partial charge on any atom is -0.341 e. The van der Waals surface area contributed by atoms with Crippen molar-refractivity contribution in [3.05, 3.63) is 52.8 Å². The van der Waals surface area contributed by atoms with Gasteiger partial charge in [0.1, 0.15) is 0 Å². The Morgan fingerprint density at radius 2 is 1.72 bits per heavy atom. The number of rotatable bonds is 4. The fourth-order valence-corrected chi connectivity index (χ4v) is 5.56. The number of carbonyl (C=O) groups is 2. The van der Waals surface area contributed by atoms with Gasteiger partial charge in [-0.1, -0.05) is 24.3 Å². The summed E-state index contributed by atoms with van der Waals surface area (Å²) in [6, 6.07) is 8.34. The van der Waals surface area contributed by atoms with E-state index in [0.29, 0.717) is 12.1 Å². The Balaban J connectivity index is 1.22. The highest BCUT2D eigenvalue weighted by Gasteiger charge is 2.33. The molecular formula is C25H33N5O2. The van der Waals surface area contributed by atoms with Crippen LogP contribution in [0.5, 0.6) is 0 Å². The van der Waals surface area contributed by atoms with Crippen LogP contribution in [-0.2, 0) is 17.8 Å². The maximum atomic E-state index is 13.3. The van der Waals surface area contributed by atoms with Crippen molar-refractivity contribution in [2.75, 3.05) is 32.7 Å². The molecular weight excluding hydrogens is 402 g/mol. The lowest BCUT2D eigenvalue weighted by atomic mass is 9.90. The van der Waals surface area contributed by atoms with Gasteiger partial charge in [-0.05, 0) is 63.2 Å². The molecule has 7 heteroatoms. The summed E-state index contributed by atoms with van der Waals surface area (Å²) in [6.45, 7) is 6.98. The van der Waals surface area contributed by atoms with E-state index in [4.69, 9.17) is 0 Å². The lowest BCUT2D eigenvalue weighted by Gasteiger charge is -2.35. The molecule has 2 amide bonds. The van der Waals surface area contributed by atoms with Crippen molar-refractivity contribution >= 4 is 11.8 Å². The molecule has 7 nitrogen and oxygen atoms in total. The van der Waals surface area contributed by atoms with Crippen molar-refractivity contribution in [1.29, 1.82) is 0 Å². The Morgan fingerprint density at radius 1 is 1.00 bits per heavy atom. The van der Waals surface area contributed by atoms with Gasteiger partial charge in [0.05, 0.1) is 23.5 Å². The van der Waals surface area contributed by atoms with E-state index in [2.05, 4.69) is 33.3 Å². The molecule has 4 heterocycles. The van der Waals surface area contributed by atoms with Crippen molar-refractivity contribution in [1.82, 2.24) is 24.9 Å². The number of carbonyl (C=O) groups excluding carboxylic acids is 2. The van der Waals surface area contributed by atoms with Gasteiger partial charge in [0, 0.05) is 32.1 Å². The summed E-state index contributed by atoms with van der Waals surface area (Å²) in [5.41, 5.74) is 4.20. The Hall–Kier alpha value is -2.67. The number of hydrogen-bond acceptors (Lipinski definition) is 4. The third-order valence-electron chi connectivity index (χ3n) is 7.58.